The number of nitrogens with one attached hydrogen (secondary N) is 1. The second kappa shape index (κ2) is 5.69. The first-order valence-corrected chi connectivity index (χ1v) is 8.74. The third-order valence-electron chi connectivity index (χ3n) is 4.63. The van der Waals surface area contributed by atoms with Crippen molar-refractivity contribution in [2.24, 2.45) is 0 Å². The molecule has 2 aromatic rings. The van der Waals surface area contributed by atoms with Crippen molar-refractivity contribution in [2.45, 2.75) is 19.8 Å². The molecule has 0 spiro atoms. The largest absolute Gasteiger partial charge is 0.367 e. The standard InChI is InChI=1S/C19H17NO3S/c1-10-17(11(2)21)18(19-14(20-10)7-23-8-15(19)22)13-9-24-16-6-4-3-5-12(13)16/h3-6,9,18,20H,7-8H2,1-2H3. The fourth-order valence-corrected chi connectivity index (χ4v) is 4.65. The summed E-state index contributed by atoms with van der Waals surface area (Å²) in [5.74, 6) is -0.368. The zero-order valence-electron chi connectivity index (χ0n) is 13.5. The molecule has 4 rings (SSSR count). The highest BCUT2D eigenvalue weighted by atomic mass is 32.1. The van der Waals surface area contributed by atoms with Gasteiger partial charge < -0.3 is 10.1 Å². The number of rotatable bonds is 2. The van der Waals surface area contributed by atoms with Gasteiger partial charge in [0.1, 0.15) is 6.61 Å². The van der Waals surface area contributed by atoms with Crippen LogP contribution in [0.15, 0.2) is 52.2 Å². The number of Topliss-reactive ketones (excluding diaryl/α,β-unsaturated/α-hetero) is 2. The SMILES string of the molecule is CC(=O)C1=C(C)NC2=C(C(=O)COC2)C1c1csc2ccccc12. The highest BCUT2D eigenvalue weighted by Gasteiger charge is 2.38. The number of fused-ring (bicyclic) bond motifs is 1. The Hall–Kier alpha value is -2.24. The monoisotopic (exact) mass is 339 g/mol. The van der Waals surface area contributed by atoms with E-state index in [0.29, 0.717) is 17.8 Å². The predicted octanol–water partition coefficient (Wildman–Crippen LogP) is 3.30. The number of thiophene rings is 1. The van der Waals surface area contributed by atoms with Crippen molar-refractivity contribution in [3.8, 4) is 0 Å². The summed E-state index contributed by atoms with van der Waals surface area (Å²) in [6.07, 6.45) is 0. The maximum atomic E-state index is 12.6. The fourth-order valence-electron chi connectivity index (χ4n) is 3.66. The van der Waals surface area contributed by atoms with Gasteiger partial charge in [-0.15, -0.1) is 11.3 Å². The van der Waals surface area contributed by atoms with E-state index in [1.54, 1.807) is 18.3 Å². The zero-order valence-corrected chi connectivity index (χ0v) is 14.3. The van der Waals surface area contributed by atoms with Crippen LogP contribution in [0.3, 0.4) is 0 Å². The lowest BCUT2D eigenvalue weighted by molar-refractivity contribution is -0.121. The van der Waals surface area contributed by atoms with Crippen LogP contribution < -0.4 is 5.32 Å². The van der Waals surface area contributed by atoms with E-state index in [0.717, 1.165) is 27.0 Å². The van der Waals surface area contributed by atoms with E-state index in [9.17, 15) is 9.59 Å². The van der Waals surface area contributed by atoms with Crippen molar-refractivity contribution in [1.29, 1.82) is 0 Å². The van der Waals surface area contributed by atoms with E-state index in [4.69, 9.17) is 4.74 Å². The number of carbonyl (C=O) groups is 2. The summed E-state index contributed by atoms with van der Waals surface area (Å²) in [6, 6.07) is 8.11. The quantitative estimate of drug-likeness (QED) is 0.912. The number of ether oxygens (including phenoxy) is 1. The van der Waals surface area contributed by atoms with Crippen molar-refractivity contribution in [2.75, 3.05) is 13.2 Å². The van der Waals surface area contributed by atoms with Crippen LogP contribution in [-0.4, -0.2) is 24.8 Å². The topological polar surface area (TPSA) is 55.4 Å². The van der Waals surface area contributed by atoms with E-state index in [1.807, 2.05) is 19.1 Å². The lowest BCUT2D eigenvalue weighted by Crippen LogP contribution is -2.37. The number of hydrogen-bond donors (Lipinski definition) is 1. The van der Waals surface area contributed by atoms with Gasteiger partial charge >= 0.3 is 0 Å². The van der Waals surface area contributed by atoms with Crippen LogP contribution in [-0.2, 0) is 14.3 Å². The van der Waals surface area contributed by atoms with Crippen LogP contribution >= 0.6 is 11.3 Å². The summed E-state index contributed by atoms with van der Waals surface area (Å²) in [5.41, 5.74) is 3.98. The molecular formula is C19H17NO3S. The summed E-state index contributed by atoms with van der Waals surface area (Å²) in [6.45, 7) is 3.91. The third kappa shape index (κ3) is 2.24. The Kier molecular flexibility index (Phi) is 3.62. The smallest absolute Gasteiger partial charge is 0.187 e. The molecule has 122 valence electrons. The van der Waals surface area contributed by atoms with Gasteiger partial charge in [-0.3, -0.25) is 9.59 Å². The van der Waals surface area contributed by atoms with Crippen molar-refractivity contribution in [3.05, 3.63) is 57.7 Å². The lowest BCUT2D eigenvalue weighted by Gasteiger charge is -2.33. The number of hydrogen-bond acceptors (Lipinski definition) is 5. The van der Waals surface area contributed by atoms with E-state index in [-0.39, 0.29) is 24.1 Å². The summed E-state index contributed by atoms with van der Waals surface area (Å²) >= 11 is 1.64. The van der Waals surface area contributed by atoms with Gasteiger partial charge in [-0.2, -0.15) is 0 Å². The zero-order chi connectivity index (χ0) is 16.8. The molecular weight excluding hydrogens is 322 g/mol. The Balaban J connectivity index is 1.99. The van der Waals surface area contributed by atoms with E-state index in [2.05, 4.69) is 22.8 Å². The maximum absolute atomic E-state index is 12.6. The Morgan fingerprint density at radius 2 is 2.08 bits per heavy atom. The molecule has 4 nitrogen and oxygen atoms in total. The Morgan fingerprint density at radius 1 is 1.29 bits per heavy atom. The molecule has 24 heavy (non-hydrogen) atoms. The molecule has 1 aromatic carbocycles. The van der Waals surface area contributed by atoms with Gasteiger partial charge in [0.15, 0.2) is 11.6 Å². The number of allylic oxidation sites excluding steroid dienone is 2. The molecule has 2 aliphatic rings. The molecule has 3 heterocycles. The van der Waals surface area contributed by atoms with E-state index >= 15 is 0 Å². The van der Waals surface area contributed by atoms with Gasteiger partial charge in [-0.1, -0.05) is 18.2 Å². The maximum Gasteiger partial charge on any atom is 0.187 e. The van der Waals surface area contributed by atoms with Crippen LogP contribution in [0.25, 0.3) is 10.1 Å². The Morgan fingerprint density at radius 3 is 2.88 bits per heavy atom. The minimum Gasteiger partial charge on any atom is -0.367 e. The fraction of sp³-hybridized carbons (Fsp3) is 0.263. The van der Waals surface area contributed by atoms with Gasteiger partial charge in [0, 0.05) is 33.2 Å². The molecule has 1 unspecified atom stereocenters. The van der Waals surface area contributed by atoms with Crippen molar-refractivity contribution < 1.29 is 14.3 Å². The lowest BCUT2D eigenvalue weighted by atomic mass is 9.77. The first-order chi connectivity index (χ1) is 11.6. The second-order valence-electron chi connectivity index (χ2n) is 6.15. The van der Waals surface area contributed by atoms with Crippen LogP contribution in [0.2, 0.25) is 0 Å². The molecule has 0 bridgehead atoms. The third-order valence-corrected chi connectivity index (χ3v) is 5.61. The van der Waals surface area contributed by atoms with E-state index in [1.165, 1.54) is 0 Å². The van der Waals surface area contributed by atoms with Crippen LogP contribution in [0.1, 0.15) is 25.3 Å². The number of carbonyl (C=O) groups excluding carboxylic acids is 2. The van der Waals surface area contributed by atoms with E-state index < -0.39 is 0 Å². The van der Waals surface area contributed by atoms with Crippen molar-refractivity contribution in [3.63, 3.8) is 0 Å². The normalized spacial score (nSPS) is 21.1. The van der Waals surface area contributed by atoms with Crippen LogP contribution in [0, 0.1) is 0 Å². The first kappa shape index (κ1) is 15.3. The summed E-state index contributed by atoms with van der Waals surface area (Å²) in [4.78, 5) is 25.0. The minimum atomic E-state index is -0.314. The summed E-state index contributed by atoms with van der Waals surface area (Å²) in [5, 5.41) is 6.39. The number of benzene rings is 1. The molecule has 0 aliphatic carbocycles. The molecule has 2 aliphatic heterocycles. The summed E-state index contributed by atoms with van der Waals surface area (Å²) in [7, 11) is 0. The number of dihydropyridines is 1. The molecule has 0 saturated carbocycles. The molecule has 0 amide bonds. The molecule has 0 saturated heterocycles. The average molecular weight is 339 g/mol. The highest BCUT2D eigenvalue weighted by Crippen LogP contribution is 2.44. The highest BCUT2D eigenvalue weighted by molar-refractivity contribution is 7.17. The summed E-state index contributed by atoms with van der Waals surface area (Å²) < 4.78 is 6.53. The van der Waals surface area contributed by atoms with Crippen molar-refractivity contribution >= 4 is 33.0 Å². The number of ketones is 2. The van der Waals surface area contributed by atoms with Gasteiger partial charge in [-0.25, -0.2) is 0 Å². The Labute approximate surface area is 143 Å². The second-order valence-corrected chi connectivity index (χ2v) is 7.06. The predicted molar refractivity (Wildman–Crippen MR) is 93.9 cm³/mol. The van der Waals surface area contributed by atoms with Crippen molar-refractivity contribution in [1.82, 2.24) is 5.32 Å². The molecule has 1 atom stereocenters. The van der Waals surface area contributed by atoms with Gasteiger partial charge in [-0.05, 0) is 36.2 Å². The molecule has 1 aromatic heterocycles. The van der Waals surface area contributed by atoms with Crippen LogP contribution in [0.4, 0.5) is 0 Å². The van der Waals surface area contributed by atoms with Crippen LogP contribution in [0.5, 0.6) is 0 Å². The average Bonchev–Trinajstić information content (AvgIpc) is 2.97. The van der Waals surface area contributed by atoms with Gasteiger partial charge in [0.2, 0.25) is 0 Å². The molecule has 5 heteroatoms. The molecule has 0 fully saturated rings. The minimum absolute atomic E-state index is 0.00822. The Bertz CT molecular complexity index is 935. The van der Waals surface area contributed by atoms with Gasteiger partial charge in [0.25, 0.3) is 0 Å². The van der Waals surface area contributed by atoms with Gasteiger partial charge in [0.05, 0.1) is 6.61 Å². The molecule has 1 N–H and O–H groups in total. The first-order valence-electron chi connectivity index (χ1n) is 7.86. The molecule has 0 radical (unpaired) electrons.